The maximum absolute atomic E-state index is 10.6. The van der Waals surface area contributed by atoms with Gasteiger partial charge >= 0.3 is 6.09 Å². The zero-order valence-corrected chi connectivity index (χ0v) is 8.52. The molecule has 0 aliphatic carbocycles. The number of ether oxygens (including phenoxy) is 1. The lowest BCUT2D eigenvalue weighted by molar-refractivity contribution is 0.211. The van der Waals surface area contributed by atoms with Crippen LogP contribution in [0, 0.1) is 3.57 Å². The summed E-state index contributed by atoms with van der Waals surface area (Å²) >= 11 is 2.12. The molecule has 0 N–H and O–H groups in total. The van der Waals surface area contributed by atoms with Crippen LogP contribution in [0.25, 0.3) is 0 Å². The van der Waals surface area contributed by atoms with E-state index in [0.29, 0.717) is 5.75 Å². The monoisotopic (exact) mass is 289 g/mol. The summed E-state index contributed by atoms with van der Waals surface area (Å²) in [5.74, 6) is 0.351. The molecular formula is C8H4INO3. The summed E-state index contributed by atoms with van der Waals surface area (Å²) in [6.45, 7) is 0. The van der Waals surface area contributed by atoms with Gasteiger partial charge in [0.05, 0.1) is 0 Å². The summed E-state index contributed by atoms with van der Waals surface area (Å²) in [7, 11) is 0. The molecule has 1 aromatic carbocycles. The van der Waals surface area contributed by atoms with E-state index in [-0.39, 0.29) is 0 Å². The fraction of sp³-hybridized carbons (Fsp3) is 0. The van der Waals surface area contributed by atoms with E-state index >= 15 is 0 Å². The number of hydrogen-bond acceptors (Lipinski definition) is 3. The molecule has 1 rings (SSSR count). The minimum Gasteiger partial charge on any atom is -0.408 e. The van der Waals surface area contributed by atoms with Gasteiger partial charge in [0, 0.05) is 3.57 Å². The van der Waals surface area contributed by atoms with Gasteiger partial charge < -0.3 is 4.74 Å². The Labute approximate surface area is 87.8 Å². The van der Waals surface area contributed by atoms with Crippen molar-refractivity contribution in [3.05, 3.63) is 27.8 Å². The van der Waals surface area contributed by atoms with E-state index < -0.39 is 6.09 Å². The van der Waals surface area contributed by atoms with Crippen LogP contribution >= 0.6 is 22.6 Å². The van der Waals surface area contributed by atoms with Crippen LogP contribution in [0.15, 0.2) is 29.3 Å². The Morgan fingerprint density at radius 2 is 2.00 bits per heavy atom. The van der Waals surface area contributed by atoms with E-state index in [4.69, 9.17) is 0 Å². The number of rotatable bonds is 1. The van der Waals surface area contributed by atoms with E-state index in [9.17, 15) is 9.59 Å². The van der Waals surface area contributed by atoms with Crippen LogP contribution in [-0.2, 0) is 4.79 Å². The highest BCUT2D eigenvalue weighted by molar-refractivity contribution is 14.1. The number of nitrogens with zero attached hydrogens (tertiary/aromatic N) is 1. The molecule has 0 heterocycles. The quantitative estimate of drug-likeness (QED) is 0.452. The number of isocyanates is 1. The minimum atomic E-state index is -0.962. The summed E-state index contributed by atoms with van der Waals surface area (Å²) in [5.41, 5.74) is 0. The van der Waals surface area contributed by atoms with Crippen LogP contribution in [-0.4, -0.2) is 12.2 Å². The lowest BCUT2D eigenvalue weighted by Crippen LogP contribution is -2.00. The Balaban J connectivity index is 2.69. The molecule has 0 saturated heterocycles. The molecule has 0 fully saturated rings. The van der Waals surface area contributed by atoms with E-state index in [2.05, 4.69) is 32.3 Å². The first-order chi connectivity index (χ1) is 6.22. The summed E-state index contributed by atoms with van der Waals surface area (Å²) in [4.78, 5) is 23.1. The maximum atomic E-state index is 10.6. The van der Waals surface area contributed by atoms with Gasteiger partial charge in [-0.15, -0.1) is 0 Å². The van der Waals surface area contributed by atoms with Crippen molar-refractivity contribution in [1.29, 1.82) is 0 Å². The van der Waals surface area contributed by atoms with E-state index in [1.807, 2.05) is 0 Å². The summed E-state index contributed by atoms with van der Waals surface area (Å²) in [6, 6.07) is 6.77. The van der Waals surface area contributed by atoms with Crippen LogP contribution < -0.4 is 4.74 Å². The Morgan fingerprint density at radius 3 is 2.54 bits per heavy atom. The summed E-state index contributed by atoms with van der Waals surface area (Å²) in [6.07, 6.45) is 0.136. The van der Waals surface area contributed by atoms with Crippen LogP contribution in [0.1, 0.15) is 0 Å². The van der Waals surface area contributed by atoms with Gasteiger partial charge in [-0.25, -0.2) is 9.59 Å². The van der Waals surface area contributed by atoms with Crippen LogP contribution in [0.5, 0.6) is 5.75 Å². The van der Waals surface area contributed by atoms with Gasteiger partial charge in [-0.3, -0.25) is 0 Å². The molecule has 1 amide bonds. The second-order valence-corrected chi connectivity index (χ2v) is 3.27. The van der Waals surface area contributed by atoms with Gasteiger partial charge in [0.15, 0.2) is 0 Å². The summed E-state index contributed by atoms with van der Waals surface area (Å²) < 4.78 is 5.66. The number of carbonyl (C=O) groups is 1. The molecule has 66 valence electrons. The molecule has 0 saturated carbocycles. The summed E-state index contributed by atoms with van der Waals surface area (Å²) in [5, 5.41) is 0. The van der Waals surface area contributed by atoms with Crippen molar-refractivity contribution in [2.75, 3.05) is 0 Å². The van der Waals surface area contributed by atoms with Crippen molar-refractivity contribution in [3.63, 3.8) is 0 Å². The predicted molar refractivity (Wildman–Crippen MR) is 53.3 cm³/mol. The average Bonchev–Trinajstić information content (AvgIpc) is 2.09. The fourth-order valence-electron chi connectivity index (χ4n) is 0.664. The number of halogens is 1. The zero-order chi connectivity index (χ0) is 9.68. The molecule has 0 aliphatic heterocycles. The van der Waals surface area contributed by atoms with Crippen molar-refractivity contribution in [2.24, 2.45) is 4.99 Å². The molecule has 0 spiro atoms. The van der Waals surface area contributed by atoms with Gasteiger partial charge in [0.25, 0.3) is 0 Å². The largest absolute Gasteiger partial charge is 0.450 e. The molecule has 0 aliphatic rings. The molecule has 1 aromatic rings. The zero-order valence-electron chi connectivity index (χ0n) is 6.36. The van der Waals surface area contributed by atoms with Crippen LogP contribution in [0.3, 0.4) is 0 Å². The SMILES string of the molecule is O=C=NC(=O)Oc1ccc(I)cc1. The second-order valence-electron chi connectivity index (χ2n) is 2.02. The molecule has 0 radical (unpaired) electrons. The lowest BCUT2D eigenvalue weighted by Gasteiger charge is -1.98. The highest BCUT2D eigenvalue weighted by Crippen LogP contribution is 2.13. The third-order valence-corrected chi connectivity index (χ3v) is 1.87. The van der Waals surface area contributed by atoms with E-state index in [1.54, 1.807) is 24.3 Å². The highest BCUT2D eigenvalue weighted by atomic mass is 127. The van der Waals surface area contributed by atoms with Gasteiger partial charge in [0.1, 0.15) is 5.75 Å². The Morgan fingerprint density at radius 1 is 1.38 bits per heavy atom. The molecule has 0 aromatic heterocycles. The van der Waals surface area contributed by atoms with Gasteiger partial charge in [-0.2, -0.15) is 0 Å². The molecule has 0 bridgehead atoms. The third-order valence-electron chi connectivity index (χ3n) is 1.16. The average molecular weight is 289 g/mol. The number of benzene rings is 1. The Hall–Kier alpha value is -1.20. The minimum absolute atomic E-state index is 0.351. The van der Waals surface area contributed by atoms with Crippen molar-refractivity contribution in [1.82, 2.24) is 0 Å². The molecule has 0 unspecified atom stereocenters. The maximum Gasteiger partial charge on any atom is 0.450 e. The molecule has 0 atom stereocenters. The van der Waals surface area contributed by atoms with Crippen LogP contribution in [0.2, 0.25) is 0 Å². The topological polar surface area (TPSA) is 55.7 Å². The number of carbonyl (C=O) groups excluding carboxylic acids is 2. The molecular weight excluding hydrogens is 285 g/mol. The molecule has 13 heavy (non-hydrogen) atoms. The van der Waals surface area contributed by atoms with E-state index in [0.717, 1.165) is 9.65 Å². The first-order valence-electron chi connectivity index (χ1n) is 3.27. The van der Waals surface area contributed by atoms with Crippen LogP contribution in [0.4, 0.5) is 4.79 Å². The highest BCUT2D eigenvalue weighted by Gasteiger charge is 2.00. The second kappa shape index (κ2) is 4.74. The normalized spacial score (nSPS) is 8.69. The van der Waals surface area contributed by atoms with Crippen molar-refractivity contribution in [2.45, 2.75) is 0 Å². The molecule has 5 heteroatoms. The third kappa shape index (κ3) is 3.35. The van der Waals surface area contributed by atoms with Crippen molar-refractivity contribution in [3.8, 4) is 5.75 Å². The first-order valence-corrected chi connectivity index (χ1v) is 4.35. The standard InChI is InChI=1S/C8H4INO3/c9-6-1-3-7(4-2-6)13-8(12)10-5-11/h1-4H. The van der Waals surface area contributed by atoms with Gasteiger partial charge in [-0.05, 0) is 46.9 Å². The number of hydrogen-bond donors (Lipinski definition) is 0. The fourth-order valence-corrected chi connectivity index (χ4v) is 1.02. The Bertz CT molecular complexity index is 354. The van der Waals surface area contributed by atoms with Crippen molar-refractivity contribution >= 4 is 34.8 Å². The number of amides is 1. The van der Waals surface area contributed by atoms with Gasteiger partial charge in [0.2, 0.25) is 6.08 Å². The molecule has 4 nitrogen and oxygen atoms in total. The lowest BCUT2D eigenvalue weighted by atomic mass is 10.3. The Kier molecular flexibility index (Phi) is 3.60. The van der Waals surface area contributed by atoms with Crippen molar-refractivity contribution < 1.29 is 14.3 Å². The number of aliphatic imine (C=N–C) groups is 1. The van der Waals surface area contributed by atoms with E-state index in [1.165, 1.54) is 0 Å². The smallest absolute Gasteiger partial charge is 0.408 e. The first kappa shape index (κ1) is 9.88. The van der Waals surface area contributed by atoms with Gasteiger partial charge in [-0.1, -0.05) is 4.99 Å². The predicted octanol–water partition coefficient (Wildman–Crippen LogP) is 2.13.